The molecule has 1 aromatic carbocycles. The maximum absolute atomic E-state index is 13.5. The molecule has 1 N–H and O–H groups in total. The number of ether oxygens (including phenoxy) is 1. The van der Waals surface area contributed by atoms with Gasteiger partial charge >= 0.3 is 0 Å². The van der Waals surface area contributed by atoms with Gasteiger partial charge in [-0.25, -0.2) is 4.98 Å². The van der Waals surface area contributed by atoms with Crippen molar-refractivity contribution in [3.05, 3.63) is 65.5 Å². The summed E-state index contributed by atoms with van der Waals surface area (Å²) in [6, 6.07) is 13.3. The maximum atomic E-state index is 13.5. The lowest BCUT2D eigenvalue weighted by atomic mass is 10.0. The van der Waals surface area contributed by atoms with E-state index >= 15 is 0 Å². The molecule has 1 aliphatic carbocycles. The molecule has 1 fully saturated rings. The first-order valence-electron chi connectivity index (χ1n) is 10.4. The van der Waals surface area contributed by atoms with Crippen LogP contribution in [0.3, 0.4) is 0 Å². The van der Waals surface area contributed by atoms with Crippen LogP contribution in [0.2, 0.25) is 0 Å². The summed E-state index contributed by atoms with van der Waals surface area (Å²) in [4.78, 5) is 18.2. The van der Waals surface area contributed by atoms with Crippen LogP contribution in [0.15, 0.2) is 53.1 Å². The first kappa shape index (κ1) is 19.4. The Hall–Kier alpha value is -3.61. The summed E-state index contributed by atoms with van der Waals surface area (Å²) in [6.45, 7) is 1.90. The van der Waals surface area contributed by atoms with Crippen molar-refractivity contribution in [2.75, 3.05) is 7.11 Å². The van der Waals surface area contributed by atoms with Gasteiger partial charge in [0.05, 0.1) is 36.1 Å². The molecule has 0 bridgehead atoms. The lowest BCUT2D eigenvalue weighted by molar-refractivity contribution is 0.0933. The van der Waals surface area contributed by atoms with Crippen molar-refractivity contribution in [1.29, 1.82) is 0 Å². The zero-order chi connectivity index (χ0) is 21.5. The number of nitrogens with zero attached hydrogens (tertiary/aromatic N) is 3. The molecule has 7 nitrogen and oxygen atoms in total. The number of pyridine rings is 1. The maximum Gasteiger partial charge on any atom is 0.252 e. The van der Waals surface area contributed by atoms with Crippen LogP contribution in [-0.2, 0) is 7.05 Å². The lowest BCUT2D eigenvalue weighted by Crippen LogP contribution is -2.30. The van der Waals surface area contributed by atoms with Crippen LogP contribution in [0, 0.1) is 12.8 Å². The van der Waals surface area contributed by atoms with Gasteiger partial charge in [-0.2, -0.15) is 5.10 Å². The Morgan fingerprint density at radius 2 is 2.03 bits per heavy atom. The van der Waals surface area contributed by atoms with Crippen LogP contribution in [0.1, 0.15) is 40.5 Å². The molecule has 1 unspecified atom stereocenters. The van der Waals surface area contributed by atoms with Gasteiger partial charge in [0.1, 0.15) is 11.4 Å². The summed E-state index contributed by atoms with van der Waals surface area (Å²) >= 11 is 0. The molecule has 3 aromatic heterocycles. The molecule has 3 heterocycles. The second kappa shape index (κ2) is 7.58. The summed E-state index contributed by atoms with van der Waals surface area (Å²) in [6.07, 6.45) is 3.81. The monoisotopic (exact) mass is 416 g/mol. The molecule has 1 amide bonds. The zero-order valence-corrected chi connectivity index (χ0v) is 17.8. The third-order valence-corrected chi connectivity index (χ3v) is 5.84. The molecule has 1 saturated carbocycles. The molecule has 0 aliphatic heterocycles. The van der Waals surface area contributed by atoms with E-state index in [0.29, 0.717) is 28.6 Å². The van der Waals surface area contributed by atoms with E-state index in [1.54, 1.807) is 24.1 Å². The van der Waals surface area contributed by atoms with Gasteiger partial charge in [-0.05, 0) is 61.6 Å². The quantitative estimate of drug-likeness (QED) is 0.503. The second-order valence-corrected chi connectivity index (χ2v) is 8.00. The van der Waals surface area contributed by atoms with Crippen LogP contribution < -0.4 is 10.1 Å². The molecule has 7 heteroatoms. The Labute approximate surface area is 180 Å². The van der Waals surface area contributed by atoms with Crippen LogP contribution >= 0.6 is 0 Å². The highest BCUT2D eigenvalue weighted by molar-refractivity contribution is 6.07. The van der Waals surface area contributed by atoms with Crippen LogP contribution in [0.4, 0.5) is 0 Å². The number of fused-ring (bicyclic) bond motifs is 1. The predicted molar refractivity (Wildman–Crippen MR) is 117 cm³/mol. The molecular formula is C24H24N4O3. The molecule has 1 atom stereocenters. The van der Waals surface area contributed by atoms with Crippen molar-refractivity contribution in [2.45, 2.75) is 25.8 Å². The van der Waals surface area contributed by atoms with E-state index in [9.17, 15) is 4.79 Å². The van der Waals surface area contributed by atoms with Crippen LogP contribution in [0.5, 0.6) is 5.75 Å². The average Bonchev–Trinajstić information content (AvgIpc) is 3.39. The fourth-order valence-corrected chi connectivity index (χ4v) is 4.11. The van der Waals surface area contributed by atoms with E-state index < -0.39 is 0 Å². The topological polar surface area (TPSA) is 82.2 Å². The number of aromatic nitrogens is 3. The van der Waals surface area contributed by atoms with Gasteiger partial charge in [0.2, 0.25) is 0 Å². The SMILES string of the molecule is COc1ccc(C(NC(=O)c2cc(-c3ccco3)nc3c2c(C)nn3C)C2CC2)cc1. The summed E-state index contributed by atoms with van der Waals surface area (Å²) in [5.74, 6) is 1.72. The number of methoxy groups -OCH3 is 1. The smallest absolute Gasteiger partial charge is 0.252 e. The average molecular weight is 416 g/mol. The first-order valence-corrected chi connectivity index (χ1v) is 10.4. The van der Waals surface area contributed by atoms with E-state index in [4.69, 9.17) is 14.1 Å². The molecule has 5 rings (SSSR count). The largest absolute Gasteiger partial charge is 0.497 e. The third kappa shape index (κ3) is 3.56. The van der Waals surface area contributed by atoms with Gasteiger partial charge in [-0.1, -0.05) is 12.1 Å². The second-order valence-electron chi connectivity index (χ2n) is 8.00. The number of amides is 1. The van der Waals surface area contributed by atoms with Crippen LogP contribution in [-0.4, -0.2) is 27.8 Å². The first-order chi connectivity index (χ1) is 15.0. The van der Waals surface area contributed by atoms with Gasteiger partial charge in [0, 0.05) is 7.05 Å². The number of aryl methyl sites for hydroxylation is 2. The molecule has 4 aromatic rings. The summed E-state index contributed by atoms with van der Waals surface area (Å²) in [5, 5.41) is 8.53. The van der Waals surface area contributed by atoms with Crippen LogP contribution in [0.25, 0.3) is 22.5 Å². The number of benzene rings is 1. The number of rotatable bonds is 6. The Morgan fingerprint density at radius 1 is 1.26 bits per heavy atom. The van der Waals surface area contributed by atoms with Crippen molar-refractivity contribution < 1.29 is 13.9 Å². The Bertz CT molecular complexity index is 1240. The fourth-order valence-electron chi connectivity index (χ4n) is 4.11. The summed E-state index contributed by atoms with van der Waals surface area (Å²) < 4.78 is 12.5. The Balaban J connectivity index is 1.55. The van der Waals surface area contributed by atoms with E-state index in [2.05, 4.69) is 10.4 Å². The Morgan fingerprint density at radius 3 is 2.68 bits per heavy atom. The van der Waals surface area contributed by atoms with Gasteiger partial charge < -0.3 is 14.5 Å². The number of hydrogen-bond donors (Lipinski definition) is 1. The van der Waals surface area contributed by atoms with Gasteiger partial charge in [-0.15, -0.1) is 0 Å². The number of carbonyl (C=O) groups is 1. The van der Waals surface area contributed by atoms with Gasteiger partial charge in [0.15, 0.2) is 11.4 Å². The molecule has 158 valence electrons. The van der Waals surface area contributed by atoms with Crippen molar-refractivity contribution in [2.24, 2.45) is 13.0 Å². The molecule has 31 heavy (non-hydrogen) atoms. The van der Waals surface area contributed by atoms with E-state index in [1.165, 1.54) is 0 Å². The standard InChI is InChI=1S/C24H24N4O3/c1-14-21-18(13-19(20-5-4-12-31-20)25-23(21)28(2)27-14)24(29)26-22(15-6-7-15)16-8-10-17(30-3)11-9-16/h4-5,8-13,15,22H,6-7H2,1-3H3,(H,26,29). The molecule has 0 saturated heterocycles. The fraction of sp³-hybridized carbons (Fsp3) is 0.292. The van der Waals surface area contributed by atoms with Crippen molar-refractivity contribution >= 4 is 16.9 Å². The highest BCUT2D eigenvalue weighted by Crippen LogP contribution is 2.41. The molecule has 0 spiro atoms. The Kier molecular flexibility index (Phi) is 4.73. The van der Waals surface area contributed by atoms with E-state index in [-0.39, 0.29) is 11.9 Å². The highest BCUT2D eigenvalue weighted by atomic mass is 16.5. The van der Waals surface area contributed by atoms with Gasteiger partial charge in [-0.3, -0.25) is 9.48 Å². The minimum Gasteiger partial charge on any atom is -0.497 e. The normalized spacial score (nSPS) is 14.5. The van der Waals surface area contributed by atoms with Crippen molar-refractivity contribution in [3.8, 4) is 17.2 Å². The lowest BCUT2D eigenvalue weighted by Gasteiger charge is -2.20. The van der Waals surface area contributed by atoms with E-state index in [1.807, 2.05) is 50.4 Å². The molecule has 0 radical (unpaired) electrons. The molecular weight excluding hydrogens is 392 g/mol. The third-order valence-electron chi connectivity index (χ3n) is 5.84. The van der Waals surface area contributed by atoms with Crippen molar-refractivity contribution in [1.82, 2.24) is 20.1 Å². The van der Waals surface area contributed by atoms with Crippen molar-refractivity contribution in [3.63, 3.8) is 0 Å². The molecule has 1 aliphatic rings. The summed E-state index contributed by atoms with van der Waals surface area (Å²) in [5.41, 5.74) is 3.67. The van der Waals surface area contributed by atoms with Gasteiger partial charge in [0.25, 0.3) is 5.91 Å². The number of hydrogen-bond acceptors (Lipinski definition) is 5. The predicted octanol–water partition coefficient (Wildman–Crippen LogP) is 4.43. The number of furan rings is 1. The zero-order valence-electron chi connectivity index (χ0n) is 17.8. The van der Waals surface area contributed by atoms with E-state index in [0.717, 1.165) is 35.2 Å². The minimum absolute atomic E-state index is 0.0503. The number of nitrogens with one attached hydrogen (secondary N) is 1. The number of carbonyl (C=O) groups excluding carboxylic acids is 1. The summed E-state index contributed by atoms with van der Waals surface area (Å²) in [7, 11) is 3.48. The highest BCUT2D eigenvalue weighted by Gasteiger charge is 2.34. The minimum atomic E-state index is -0.135.